The van der Waals surface area contributed by atoms with Gasteiger partial charge in [0.05, 0.1) is 12.1 Å². The van der Waals surface area contributed by atoms with Crippen LogP contribution in [0.3, 0.4) is 0 Å². The molecule has 2 unspecified atom stereocenters. The summed E-state index contributed by atoms with van der Waals surface area (Å²) >= 11 is 0. The van der Waals surface area contributed by atoms with Crippen LogP contribution < -0.4 is 5.32 Å². The van der Waals surface area contributed by atoms with Crippen molar-refractivity contribution in [1.29, 1.82) is 0 Å². The SMILES string of the molecule is CC(c1nc(C2CC2)no1)N1CCN2C(=O)NCC2C1. The molecule has 2 saturated heterocycles. The molecule has 1 saturated carbocycles. The van der Waals surface area contributed by atoms with Crippen LogP contribution in [-0.4, -0.2) is 58.2 Å². The lowest BCUT2D eigenvalue weighted by Crippen LogP contribution is -2.52. The standard InChI is InChI=1S/C13H19N5O2/c1-8(12-15-11(16-20-12)9-2-3-9)17-4-5-18-10(7-17)6-14-13(18)19/h8-10H,2-7H2,1H3,(H,14,19). The Morgan fingerprint density at radius 3 is 3.05 bits per heavy atom. The monoisotopic (exact) mass is 277 g/mol. The molecule has 4 rings (SSSR count). The molecule has 1 aromatic heterocycles. The van der Waals surface area contributed by atoms with E-state index in [0.717, 1.165) is 32.0 Å². The highest BCUT2D eigenvalue weighted by atomic mass is 16.5. The number of carbonyl (C=O) groups is 1. The van der Waals surface area contributed by atoms with Crippen LogP contribution in [0.4, 0.5) is 4.79 Å². The summed E-state index contributed by atoms with van der Waals surface area (Å²) in [5.74, 6) is 2.09. The molecule has 0 radical (unpaired) electrons. The van der Waals surface area contributed by atoms with Gasteiger partial charge in [0.2, 0.25) is 5.89 Å². The molecule has 2 atom stereocenters. The molecule has 1 aromatic rings. The zero-order valence-electron chi connectivity index (χ0n) is 11.6. The summed E-state index contributed by atoms with van der Waals surface area (Å²) in [6, 6.07) is 0.452. The minimum atomic E-state index is 0.0658. The van der Waals surface area contributed by atoms with E-state index in [-0.39, 0.29) is 18.1 Å². The molecule has 3 fully saturated rings. The van der Waals surface area contributed by atoms with Gasteiger partial charge < -0.3 is 14.7 Å². The first-order chi connectivity index (χ1) is 9.72. The predicted octanol–water partition coefficient (Wildman–Crippen LogP) is 0.717. The Morgan fingerprint density at radius 2 is 2.25 bits per heavy atom. The maximum atomic E-state index is 11.6. The van der Waals surface area contributed by atoms with E-state index in [0.29, 0.717) is 11.8 Å². The maximum absolute atomic E-state index is 11.6. The van der Waals surface area contributed by atoms with Gasteiger partial charge in [-0.1, -0.05) is 5.16 Å². The van der Waals surface area contributed by atoms with E-state index in [1.165, 1.54) is 12.8 Å². The van der Waals surface area contributed by atoms with Crippen molar-refractivity contribution in [3.63, 3.8) is 0 Å². The van der Waals surface area contributed by atoms with E-state index in [1.807, 2.05) is 4.90 Å². The number of nitrogens with zero attached hydrogens (tertiary/aromatic N) is 4. The van der Waals surface area contributed by atoms with Gasteiger partial charge in [-0.3, -0.25) is 4.90 Å². The summed E-state index contributed by atoms with van der Waals surface area (Å²) in [5.41, 5.74) is 0. The molecule has 7 heteroatoms. The Morgan fingerprint density at radius 1 is 1.40 bits per heavy atom. The van der Waals surface area contributed by atoms with Crippen LogP contribution in [0.25, 0.3) is 0 Å². The van der Waals surface area contributed by atoms with E-state index in [2.05, 4.69) is 27.3 Å². The second-order valence-corrected chi connectivity index (χ2v) is 5.97. The lowest BCUT2D eigenvalue weighted by atomic mass is 10.1. The van der Waals surface area contributed by atoms with Gasteiger partial charge in [-0.25, -0.2) is 4.79 Å². The Hall–Kier alpha value is -1.63. The maximum Gasteiger partial charge on any atom is 0.317 e. The molecule has 0 bridgehead atoms. The Balaban J connectivity index is 1.45. The van der Waals surface area contributed by atoms with Gasteiger partial charge >= 0.3 is 6.03 Å². The van der Waals surface area contributed by atoms with Crippen molar-refractivity contribution >= 4 is 6.03 Å². The van der Waals surface area contributed by atoms with Crippen molar-refractivity contribution in [1.82, 2.24) is 25.3 Å². The van der Waals surface area contributed by atoms with Crippen molar-refractivity contribution in [3.05, 3.63) is 11.7 Å². The van der Waals surface area contributed by atoms with E-state index in [4.69, 9.17) is 4.52 Å². The van der Waals surface area contributed by atoms with Gasteiger partial charge in [0, 0.05) is 32.1 Å². The molecule has 2 amide bonds. The summed E-state index contributed by atoms with van der Waals surface area (Å²) < 4.78 is 5.41. The van der Waals surface area contributed by atoms with Gasteiger partial charge in [0.15, 0.2) is 5.82 Å². The largest absolute Gasteiger partial charge is 0.338 e. The smallest absolute Gasteiger partial charge is 0.317 e. The normalized spacial score (nSPS) is 28.4. The molecular weight excluding hydrogens is 258 g/mol. The molecule has 7 nitrogen and oxygen atoms in total. The molecule has 0 aromatic carbocycles. The second-order valence-electron chi connectivity index (χ2n) is 5.97. The summed E-state index contributed by atoms with van der Waals surface area (Å²) in [6.07, 6.45) is 2.36. The number of piperazine rings is 1. The Labute approximate surface area is 117 Å². The van der Waals surface area contributed by atoms with Crippen LogP contribution in [0, 0.1) is 0 Å². The van der Waals surface area contributed by atoms with Crippen molar-refractivity contribution in [2.45, 2.75) is 37.8 Å². The Kier molecular flexibility index (Phi) is 2.70. The average Bonchev–Trinajstić information content (AvgIpc) is 3.09. The average molecular weight is 277 g/mol. The third kappa shape index (κ3) is 1.96. The van der Waals surface area contributed by atoms with Gasteiger partial charge in [-0.05, 0) is 19.8 Å². The third-order valence-electron chi connectivity index (χ3n) is 4.57. The molecular formula is C13H19N5O2. The highest BCUT2D eigenvalue weighted by molar-refractivity contribution is 5.77. The number of fused-ring (bicyclic) bond motifs is 1. The van der Waals surface area contributed by atoms with Crippen molar-refractivity contribution < 1.29 is 9.32 Å². The fourth-order valence-electron chi connectivity index (χ4n) is 3.06. The van der Waals surface area contributed by atoms with Crippen LogP contribution in [0.5, 0.6) is 0 Å². The van der Waals surface area contributed by atoms with Crippen molar-refractivity contribution in [2.24, 2.45) is 0 Å². The molecule has 2 aliphatic heterocycles. The van der Waals surface area contributed by atoms with E-state index in [9.17, 15) is 4.79 Å². The van der Waals surface area contributed by atoms with Crippen LogP contribution in [-0.2, 0) is 0 Å². The zero-order valence-corrected chi connectivity index (χ0v) is 11.6. The van der Waals surface area contributed by atoms with Crippen LogP contribution in [0.2, 0.25) is 0 Å². The highest BCUT2D eigenvalue weighted by Gasteiger charge is 2.38. The molecule has 20 heavy (non-hydrogen) atoms. The fraction of sp³-hybridized carbons (Fsp3) is 0.769. The number of nitrogens with one attached hydrogen (secondary N) is 1. The molecule has 1 N–H and O–H groups in total. The van der Waals surface area contributed by atoms with Gasteiger partial charge in [-0.2, -0.15) is 4.98 Å². The number of urea groups is 1. The summed E-state index contributed by atoms with van der Waals surface area (Å²) in [6.45, 7) is 5.32. The molecule has 1 aliphatic carbocycles. The number of carbonyl (C=O) groups excluding carboxylic acids is 1. The van der Waals surface area contributed by atoms with Gasteiger partial charge in [0.1, 0.15) is 0 Å². The minimum Gasteiger partial charge on any atom is -0.338 e. The van der Waals surface area contributed by atoms with Gasteiger partial charge in [-0.15, -0.1) is 0 Å². The first-order valence-electron chi connectivity index (χ1n) is 7.34. The van der Waals surface area contributed by atoms with Crippen molar-refractivity contribution in [3.8, 4) is 0 Å². The zero-order chi connectivity index (χ0) is 13.7. The highest BCUT2D eigenvalue weighted by Crippen LogP contribution is 2.38. The quantitative estimate of drug-likeness (QED) is 0.881. The predicted molar refractivity (Wildman–Crippen MR) is 70.2 cm³/mol. The lowest BCUT2D eigenvalue weighted by Gasteiger charge is -2.38. The first-order valence-corrected chi connectivity index (χ1v) is 7.34. The lowest BCUT2D eigenvalue weighted by molar-refractivity contribution is 0.0812. The second kappa shape index (κ2) is 4.44. The van der Waals surface area contributed by atoms with E-state index >= 15 is 0 Å². The van der Waals surface area contributed by atoms with Crippen molar-refractivity contribution in [2.75, 3.05) is 26.2 Å². The molecule has 3 heterocycles. The number of aromatic nitrogens is 2. The number of rotatable bonds is 3. The first kappa shape index (κ1) is 12.1. The number of amides is 2. The summed E-state index contributed by atoms with van der Waals surface area (Å²) in [5, 5.41) is 6.98. The van der Waals surface area contributed by atoms with E-state index in [1.54, 1.807) is 0 Å². The fourth-order valence-corrected chi connectivity index (χ4v) is 3.06. The Bertz CT molecular complexity index is 527. The third-order valence-corrected chi connectivity index (χ3v) is 4.57. The molecule has 0 spiro atoms. The number of hydrogen-bond donors (Lipinski definition) is 1. The van der Waals surface area contributed by atoms with Crippen LogP contribution in [0.1, 0.15) is 43.4 Å². The van der Waals surface area contributed by atoms with E-state index < -0.39 is 0 Å². The topological polar surface area (TPSA) is 74.5 Å². The minimum absolute atomic E-state index is 0.0658. The van der Waals surface area contributed by atoms with Gasteiger partial charge in [0.25, 0.3) is 0 Å². The number of hydrogen-bond acceptors (Lipinski definition) is 5. The van der Waals surface area contributed by atoms with Crippen LogP contribution in [0.15, 0.2) is 4.52 Å². The summed E-state index contributed by atoms with van der Waals surface area (Å²) in [4.78, 5) is 20.4. The molecule has 3 aliphatic rings. The molecule has 108 valence electrons. The summed E-state index contributed by atoms with van der Waals surface area (Å²) in [7, 11) is 0. The van der Waals surface area contributed by atoms with Crippen LogP contribution >= 0.6 is 0 Å².